The number of amides is 2. The Morgan fingerprint density at radius 3 is 2.17 bits per heavy atom. The fourth-order valence-corrected chi connectivity index (χ4v) is 4.62. The van der Waals surface area contributed by atoms with E-state index in [0.29, 0.717) is 43.3 Å². The number of nitrogens with one attached hydrogen (secondary N) is 1. The molecule has 220 valence electrons. The lowest BCUT2D eigenvalue weighted by Crippen LogP contribution is -2.54. The maximum atomic E-state index is 14.0. The molecule has 1 N–H and O–H groups in total. The molecule has 0 spiro atoms. The lowest BCUT2D eigenvalue weighted by atomic mass is 9.99. The second-order valence-corrected chi connectivity index (χ2v) is 11.0. The highest BCUT2D eigenvalue weighted by Crippen LogP contribution is 2.29. The zero-order chi connectivity index (χ0) is 29.8. The average Bonchev–Trinajstić information content (AvgIpc) is 2.94. The molecule has 0 fully saturated rings. The number of benzene rings is 3. The highest BCUT2D eigenvalue weighted by Gasteiger charge is 2.32. The minimum absolute atomic E-state index is 0.107. The van der Waals surface area contributed by atoms with Gasteiger partial charge in [-0.2, -0.15) is 0 Å². The smallest absolute Gasteiger partial charge is 0.243 e. The van der Waals surface area contributed by atoms with E-state index in [9.17, 15) is 9.59 Å². The Morgan fingerprint density at radius 2 is 1.51 bits per heavy atom. The molecule has 0 aliphatic carbocycles. The van der Waals surface area contributed by atoms with Crippen LogP contribution in [0.2, 0.25) is 0 Å². The predicted octanol–water partition coefficient (Wildman–Crippen LogP) is 5.98. The molecule has 0 bridgehead atoms. The number of rotatable bonds is 14. The van der Waals surface area contributed by atoms with Crippen LogP contribution in [-0.2, 0) is 29.0 Å². The summed E-state index contributed by atoms with van der Waals surface area (Å²) in [4.78, 5) is 29.5. The molecule has 3 rings (SSSR count). The molecule has 0 aliphatic rings. The lowest BCUT2D eigenvalue weighted by Gasteiger charge is -2.34. The molecule has 0 heterocycles. The zero-order valence-corrected chi connectivity index (χ0v) is 25.2. The quantitative estimate of drug-likeness (QED) is 0.263. The van der Waals surface area contributed by atoms with E-state index in [0.717, 1.165) is 16.7 Å². The van der Waals surface area contributed by atoms with Crippen molar-refractivity contribution in [2.24, 2.45) is 0 Å². The summed E-state index contributed by atoms with van der Waals surface area (Å²) in [5.74, 6) is 1.76. The minimum atomic E-state index is -0.699. The van der Waals surface area contributed by atoms with Crippen molar-refractivity contribution in [3.05, 3.63) is 89.5 Å². The van der Waals surface area contributed by atoms with Crippen LogP contribution in [0, 0.1) is 0 Å². The third-order valence-electron chi connectivity index (χ3n) is 6.49. The van der Waals surface area contributed by atoms with Gasteiger partial charge in [-0.25, -0.2) is 0 Å². The van der Waals surface area contributed by atoms with E-state index in [4.69, 9.17) is 14.2 Å². The lowest BCUT2D eigenvalue weighted by molar-refractivity contribution is -0.141. The van der Waals surface area contributed by atoms with E-state index in [-0.39, 0.29) is 24.8 Å². The van der Waals surface area contributed by atoms with Crippen LogP contribution in [0.4, 0.5) is 0 Å². The largest absolute Gasteiger partial charge is 0.497 e. The van der Waals surface area contributed by atoms with Crippen molar-refractivity contribution in [2.75, 3.05) is 20.3 Å². The van der Waals surface area contributed by atoms with E-state index in [1.165, 1.54) is 0 Å². The van der Waals surface area contributed by atoms with Gasteiger partial charge in [0.05, 0.1) is 20.3 Å². The summed E-state index contributed by atoms with van der Waals surface area (Å²) in [7, 11) is 1.62. The standard InChI is InChI=1S/C34H44N2O5/c1-7-40-30-19-17-26(23-31(30)41-8-2)18-20-32(37)36(24-27-15-12-16-28(21-27)39-6)29(33(38)35-34(3,4)5)22-25-13-10-9-11-14-25/h9-17,19,21,23,29H,7-8,18,20,22,24H2,1-6H3,(H,35,38). The van der Waals surface area contributed by atoms with Crippen molar-refractivity contribution in [3.63, 3.8) is 0 Å². The third-order valence-corrected chi connectivity index (χ3v) is 6.49. The Hall–Kier alpha value is -4.00. The maximum Gasteiger partial charge on any atom is 0.243 e. The van der Waals surface area contributed by atoms with Gasteiger partial charge in [0.1, 0.15) is 11.8 Å². The molecule has 0 aromatic heterocycles. The van der Waals surface area contributed by atoms with Gasteiger partial charge in [-0.3, -0.25) is 9.59 Å². The first kappa shape index (κ1) is 31.5. The van der Waals surface area contributed by atoms with Gasteiger partial charge in [0, 0.05) is 24.9 Å². The van der Waals surface area contributed by atoms with Crippen LogP contribution in [0.5, 0.6) is 17.2 Å². The number of nitrogens with zero attached hydrogens (tertiary/aromatic N) is 1. The number of carbonyl (C=O) groups is 2. The molecule has 41 heavy (non-hydrogen) atoms. The highest BCUT2D eigenvalue weighted by atomic mass is 16.5. The molecule has 7 nitrogen and oxygen atoms in total. The van der Waals surface area contributed by atoms with E-state index < -0.39 is 11.6 Å². The van der Waals surface area contributed by atoms with Gasteiger partial charge in [-0.1, -0.05) is 48.5 Å². The fraction of sp³-hybridized carbons (Fsp3) is 0.412. The van der Waals surface area contributed by atoms with Gasteiger partial charge >= 0.3 is 0 Å². The second-order valence-electron chi connectivity index (χ2n) is 11.0. The molecule has 2 amide bonds. The van der Waals surface area contributed by atoms with Crippen LogP contribution in [0.15, 0.2) is 72.8 Å². The average molecular weight is 561 g/mol. The summed E-state index contributed by atoms with van der Waals surface area (Å²) in [6.45, 7) is 11.0. The van der Waals surface area contributed by atoms with Gasteiger partial charge in [0.25, 0.3) is 0 Å². The molecule has 3 aromatic carbocycles. The van der Waals surface area contributed by atoms with Gasteiger partial charge in [-0.05, 0) is 82.0 Å². The molecule has 0 saturated carbocycles. The van der Waals surface area contributed by atoms with Crippen molar-refractivity contribution >= 4 is 11.8 Å². The molecule has 0 saturated heterocycles. The predicted molar refractivity (Wildman–Crippen MR) is 162 cm³/mol. The number of hydrogen-bond acceptors (Lipinski definition) is 5. The minimum Gasteiger partial charge on any atom is -0.497 e. The van der Waals surface area contributed by atoms with E-state index in [1.807, 2.05) is 107 Å². The second kappa shape index (κ2) is 15.1. The normalized spacial score (nSPS) is 11.9. The fourth-order valence-electron chi connectivity index (χ4n) is 4.62. The SMILES string of the molecule is CCOc1ccc(CCC(=O)N(Cc2cccc(OC)c2)C(Cc2ccccc2)C(=O)NC(C)(C)C)cc1OCC. The van der Waals surface area contributed by atoms with Gasteiger partial charge in [-0.15, -0.1) is 0 Å². The van der Waals surface area contributed by atoms with Crippen LogP contribution in [0.3, 0.4) is 0 Å². The van der Waals surface area contributed by atoms with E-state index in [2.05, 4.69) is 5.32 Å². The van der Waals surface area contributed by atoms with Crippen molar-refractivity contribution in [1.82, 2.24) is 10.2 Å². The van der Waals surface area contributed by atoms with Gasteiger partial charge in [0.15, 0.2) is 11.5 Å². The molecule has 1 unspecified atom stereocenters. The molecular formula is C34H44N2O5. The van der Waals surface area contributed by atoms with Crippen molar-refractivity contribution in [2.45, 2.75) is 72.0 Å². The summed E-state index contributed by atoms with van der Waals surface area (Å²) < 4.78 is 16.9. The Labute approximate surface area is 244 Å². The van der Waals surface area contributed by atoms with Crippen LogP contribution < -0.4 is 19.5 Å². The number of aryl methyl sites for hydroxylation is 1. The summed E-state index contributed by atoms with van der Waals surface area (Å²) in [5.41, 5.74) is 2.39. The molecule has 0 radical (unpaired) electrons. The third kappa shape index (κ3) is 9.85. The van der Waals surface area contributed by atoms with Gasteiger partial charge < -0.3 is 24.4 Å². The first-order valence-electron chi connectivity index (χ1n) is 14.3. The van der Waals surface area contributed by atoms with Crippen LogP contribution in [0.1, 0.15) is 57.7 Å². The number of ether oxygens (including phenoxy) is 3. The summed E-state index contributed by atoms with van der Waals surface area (Å²) in [6.07, 6.45) is 1.13. The molecular weight excluding hydrogens is 516 g/mol. The van der Waals surface area contributed by atoms with Crippen molar-refractivity contribution < 1.29 is 23.8 Å². The van der Waals surface area contributed by atoms with Crippen LogP contribution in [-0.4, -0.2) is 48.6 Å². The van der Waals surface area contributed by atoms with Crippen molar-refractivity contribution in [1.29, 1.82) is 0 Å². The monoisotopic (exact) mass is 560 g/mol. The summed E-state index contributed by atoms with van der Waals surface area (Å²) in [6, 6.07) is 22.5. The van der Waals surface area contributed by atoms with Crippen LogP contribution in [0.25, 0.3) is 0 Å². The number of hydrogen-bond donors (Lipinski definition) is 1. The van der Waals surface area contributed by atoms with E-state index >= 15 is 0 Å². The molecule has 3 aromatic rings. The zero-order valence-electron chi connectivity index (χ0n) is 25.2. The molecule has 1 atom stereocenters. The van der Waals surface area contributed by atoms with Crippen LogP contribution >= 0.6 is 0 Å². The maximum absolute atomic E-state index is 14.0. The molecule has 0 aliphatic heterocycles. The Kier molecular flexibility index (Phi) is 11.6. The first-order valence-corrected chi connectivity index (χ1v) is 14.3. The highest BCUT2D eigenvalue weighted by molar-refractivity contribution is 5.88. The Balaban J connectivity index is 1.93. The van der Waals surface area contributed by atoms with E-state index in [1.54, 1.807) is 12.0 Å². The van der Waals surface area contributed by atoms with Crippen molar-refractivity contribution in [3.8, 4) is 17.2 Å². The summed E-state index contributed by atoms with van der Waals surface area (Å²) in [5, 5.41) is 3.11. The number of carbonyl (C=O) groups excluding carboxylic acids is 2. The first-order chi connectivity index (χ1) is 19.6. The van der Waals surface area contributed by atoms with Gasteiger partial charge in [0.2, 0.25) is 11.8 Å². The topological polar surface area (TPSA) is 77.1 Å². The Bertz CT molecular complexity index is 1270. The Morgan fingerprint density at radius 1 is 0.829 bits per heavy atom. The molecule has 7 heteroatoms. The number of methoxy groups -OCH3 is 1. The summed E-state index contributed by atoms with van der Waals surface area (Å²) >= 11 is 0.